The van der Waals surface area contributed by atoms with Crippen LogP contribution in [-0.2, 0) is 0 Å². The Kier molecular flexibility index (Phi) is 8.94. The summed E-state index contributed by atoms with van der Waals surface area (Å²) in [5.74, 6) is 0. The summed E-state index contributed by atoms with van der Waals surface area (Å²) in [6.07, 6.45) is 9.90. The van der Waals surface area contributed by atoms with Crippen LogP contribution in [0.3, 0.4) is 0 Å². The number of hydrogen-bond donors (Lipinski definition) is 0. The molecule has 0 fully saturated rings. The zero-order valence-corrected chi connectivity index (χ0v) is 19.2. The molecule has 0 N–H and O–H groups in total. The van der Waals surface area contributed by atoms with E-state index in [2.05, 4.69) is 56.1 Å². The second-order valence-electron chi connectivity index (χ2n) is 7.21. The molecule has 0 atom stereocenters. The molecule has 0 spiro atoms. The van der Waals surface area contributed by atoms with Gasteiger partial charge in [-0.05, 0) is 0 Å². The zero-order chi connectivity index (χ0) is 18.0. The Morgan fingerprint density at radius 1 is 0.720 bits per heavy atom. The first-order valence-corrected chi connectivity index (χ1v) is 17.6. The Morgan fingerprint density at radius 2 is 1.32 bits per heavy atom. The van der Waals surface area contributed by atoms with Crippen molar-refractivity contribution in [2.75, 3.05) is 0 Å². The van der Waals surface area contributed by atoms with Crippen molar-refractivity contribution >= 4 is 22.1 Å². The minimum atomic E-state index is -2.44. The second-order valence-corrected chi connectivity index (χ2v) is 20.3. The molecule has 2 nitrogen and oxygen atoms in total. The van der Waals surface area contributed by atoms with Gasteiger partial charge in [0, 0.05) is 0 Å². The fourth-order valence-corrected chi connectivity index (χ4v) is 19.2. The van der Waals surface area contributed by atoms with Crippen molar-refractivity contribution in [2.45, 2.75) is 72.6 Å². The van der Waals surface area contributed by atoms with E-state index in [1.165, 1.54) is 55.5 Å². The molecule has 2 heterocycles. The molecule has 2 aromatic rings. The van der Waals surface area contributed by atoms with Crippen LogP contribution in [0, 0.1) is 0 Å². The van der Waals surface area contributed by atoms with Crippen LogP contribution in [-0.4, -0.2) is 28.3 Å². The van der Waals surface area contributed by atoms with E-state index in [9.17, 15) is 0 Å². The van der Waals surface area contributed by atoms with Crippen molar-refractivity contribution in [3.8, 4) is 11.4 Å². The van der Waals surface area contributed by atoms with Gasteiger partial charge in [0.2, 0.25) is 0 Å². The van der Waals surface area contributed by atoms with E-state index < -0.39 is 18.4 Å². The predicted octanol–water partition coefficient (Wildman–Crippen LogP) is 6.20. The summed E-state index contributed by atoms with van der Waals surface area (Å²) < 4.78 is 5.88. The van der Waals surface area contributed by atoms with Crippen LogP contribution >= 0.6 is 0 Å². The molecule has 0 aromatic carbocycles. The van der Waals surface area contributed by atoms with E-state index in [1.807, 2.05) is 12.3 Å². The molecular formula is C22H34N2Sn. The van der Waals surface area contributed by atoms with Crippen molar-refractivity contribution < 1.29 is 0 Å². The van der Waals surface area contributed by atoms with Gasteiger partial charge in [0.05, 0.1) is 0 Å². The molecule has 0 saturated carbocycles. The van der Waals surface area contributed by atoms with E-state index in [0.717, 1.165) is 11.4 Å². The van der Waals surface area contributed by atoms with Crippen LogP contribution in [0.4, 0.5) is 0 Å². The van der Waals surface area contributed by atoms with Gasteiger partial charge in [-0.25, -0.2) is 0 Å². The molecule has 0 aliphatic rings. The number of unbranched alkanes of at least 4 members (excludes halogenated alkanes) is 3. The standard InChI is InChI=1S/C10H7N2.3C4H9.Sn/c1-3-7-11-9(5-1)10-6-2-4-8-12-10;3*1-3-4-2;/h1-7H;3*1,3-4H2,2H3;. The van der Waals surface area contributed by atoms with Gasteiger partial charge in [-0.15, -0.1) is 0 Å². The van der Waals surface area contributed by atoms with E-state index in [1.54, 1.807) is 0 Å². The third kappa shape index (κ3) is 5.80. The van der Waals surface area contributed by atoms with Gasteiger partial charge in [-0.2, -0.15) is 0 Å². The third-order valence-corrected chi connectivity index (χ3v) is 20.4. The normalized spacial score (nSPS) is 11.6. The van der Waals surface area contributed by atoms with Gasteiger partial charge in [-0.1, -0.05) is 0 Å². The Hall–Kier alpha value is -0.901. The molecule has 0 aliphatic heterocycles. The second kappa shape index (κ2) is 10.9. The quantitative estimate of drug-likeness (QED) is 0.385. The SMILES string of the molecule is CCC[CH2][Sn]([CH2]CCC)([CH2]CCC)[c]1cccc(-c2ccccn2)n1. The van der Waals surface area contributed by atoms with E-state index in [4.69, 9.17) is 4.98 Å². The summed E-state index contributed by atoms with van der Waals surface area (Å²) in [5.41, 5.74) is 2.06. The molecular weight excluding hydrogens is 411 g/mol. The topological polar surface area (TPSA) is 25.8 Å². The molecule has 0 unspecified atom stereocenters. The van der Waals surface area contributed by atoms with Crippen molar-refractivity contribution in [3.05, 3.63) is 42.6 Å². The first-order valence-electron chi connectivity index (χ1n) is 10.1. The van der Waals surface area contributed by atoms with Gasteiger partial charge in [0.1, 0.15) is 0 Å². The molecule has 25 heavy (non-hydrogen) atoms. The van der Waals surface area contributed by atoms with Crippen LogP contribution in [0.5, 0.6) is 0 Å². The molecule has 0 radical (unpaired) electrons. The number of nitrogens with zero attached hydrogens (tertiary/aromatic N) is 2. The number of hydrogen-bond acceptors (Lipinski definition) is 2. The van der Waals surface area contributed by atoms with Crippen LogP contribution in [0.15, 0.2) is 42.6 Å². The molecule has 136 valence electrons. The van der Waals surface area contributed by atoms with E-state index in [0.29, 0.717) is 0 Å². The molecule has 0 amide bonds. The summed E-state index contributed by atoms with van der Waals surface area (Å²) in [7, 11) is 0. The maximum absolute atomic E-state index is 5.21. The van der Waals surface area contributed by atoms with Crippen molar-refractivity contribution in [3.63, 3.8) is 0 Å². The minimum absolute atomic E-state index is 1.01. The van der Waals surface area contributed by atoms with Gasteiger partial charge < -0.3 is 0 Å². The number of pyridine rings is 2. The fourth-order valence-electron chi connectivity index (χ4n) is 3.69. The Morgan fingerprint density at radius 3 is 1.84 bits per heavy atom. The molecule has 2 rings (SSSR count). The molecule has 0 bridgehead atoms. The van der Waals surface area contributed by atoms with Crippen molar-refractivity contribution in [1.29, 1.82) is 0 Å². The summed E-state index contributed by atoms with van der Waals surface area (Å²) in [6.45, 7) is 6.98. The average molecular weight is 445 g/mol. The summed E-state index contributed by atoms with van der Waals surface area (Å²) >= 11 is -2.44. The Balaban J connectivity index is 2.40. The molecule has 2 aromatic heterocycles. The predicted molar refractivity (Wildman–Crippen MR) is 112 cm³/mol. The third-order valence-electron chi connectivity index (χ3n) is 5.25. The first kappa shape index (κ1) is 20.4. The average Bonchev–Trinajstić information content (AvgIpc) is 2.68. The van der Waals surface area contributed by atoms with E-state index in [-0.39, 0.29) is 0 Å². The van der Waals surface area contributed by atoms with Gasteiger partial charge >= 0.3 is 159 Å². The Labute approximate surface area is 158 Å². The van der Waals surface area contributed by atoms with Gasteiger partial charge in [0.25, 0.3) is 0 Å². The number of aromatic nitrogens is 2. The van der Waals surface area contributed by atoms with Gasteiger partial charge in [-0.3, -0.25) is 0 Å². The summed E-state index contributed by atoms with van der Waals surface area (Å²) in [4.78, 5) is 9.72. The van der Waals surface area contributed by atoms with Crippen LogP contribution in [0.2, 0.25) is 13.3 Å². The summed E-state index contributed by atoms with van der Waals surface area (Å²) in [5, 5.41) is 0. The van der Waals surface area contributed by atoms with Crippen molar-refractivity contribution in [2.24, 2.45) is 0 Å². The van der Waals surface area contributed by atoms with Crippen LogP contribution < -0.4 is 3.71 Å². The van der Waals surface area contributed by atoms with Crippen LogP contribution in [0.25, 0.3) is 11.4 Å². The fraction of sp³-hybridized carbons (Fsp3) is 0.545. The van der Waals surface area contributed by atoms with Gasteiger partial charge in [0.15, 0.2) is 0 Å². The zero-order valence-electron chi connectivity index (χ0n) is 16.3. The summed E-state index contributed by atoms with van der Waals surface area (Å²) in [6, 6.07) is 12.8. The van der Waals surface area contributed by atoms with Crippen LogP contribution in [0.1, 0.15) is 59.3 Å². The Bertz CT molecular complexity index is 591. The molecule has 0 saturated heterocycles. The maximum atomic E-state index is 5.21. The monoisotopic (exact) mass is 446 g/mol. The molecule has 0 aliphatic carbocycles. The van der Waals surface area contributed by atoms with E-state index >= 15 is 0 Å². The molecule has 3 heteroatoms. The first-order chi connectivity index (χ1) is 12.3. The number of rotatable bonds is 11. The van der Waals surface area contributed by atoms with Crippen molar-refractivity contribution in [1.82, 2.24) is 9.97 Å².